The first-order chi connectivity index (χ1) is 18.0. The molecule has 3 aliphatic rings. The van der Waals surface area contributed by atoms with E-state index in [0.717, 1.165) is 75.5 Å². The molecule has 3 fully saturated rings. The van der Waals surface area contributed by atoms with Crippen LogP contribution in [0.25, 0.3) is 11.0 Å². The Labute approximate surface area is 224 Å². The molecule has 206 valence electrons. The summed E-state index contributed by atoms with van der Waals surface area (Å²) in [6.07, 6.45) is 13.0. The molecule has 5 rings (SSSR count). The third kappa shape index (κ3) is 6.38. The smallest absolute Gasteiger partial charge is 0.214 e. The standard InChI is InChI=1S/C28H46N6O2S/c1-21(2)22-7-9-23(10-8-22)33-18-12-24(13-19-33)34-27(11-15-30-31-37(35)36)26(20-32-16-3-4-17-32)25-6-5-14-29-28(25)34/h5-6,14,21-24,30,37H,3-4,7-13,15-20H2,1-2H3,(H,31,35,36)/t22-,23+. The van der Waals surface area contributed by atoms with Gasteiger partial charge in [0.1, 0.15) is 5.65 Å². The molecule has 2 aromatic rings. The van der Waals surface area contributed by atoms with Crippen LogP contribution in [0.15, 0.2) is 18.3 Å². The summed E-state index contributed by atoms with van der Waals surface area (Å²) >= 11 is 0. The van der Waals surface area contributed by atoms with Crippen LogP contribution >= 0.6 is 0 Å². The van der Waals surface area contributed by atoms with Gasteiger partial charge in [0, 0.05) is 62.0 Å². The van der Waals surface area contributed by atoms with E-state index in [1.54, 1.807) is 0 Å². The zero-order valence-electron chi connectivity index (χ0n) is 22.7. The first kappa shape index (κ1) is 27.1. The highest BCUT2D eigenvalue weighted by Gasteiger charge is 2.32. The zero-order chi connectivity index (χ0) is 25.8. The van der Waals surface area contributed by atoms with Crippen molar-refractivity contribution in [1.82, 2.24) is 29.6 Å². The SMILES string of the molecule is CC(C)[C@H]1CC[C@@H](N2CCC(n3c(CCNN[SH](=O)=O)c(CN4CCCC4)c4cccnc43)CC2)CC1. The second-order valence-corrected chi connectivity index (χ2v) is 12.5. The predicted molar refractivity (Wildman–Crippen MR) is 150 cm³/mol. The van der Waals surface area contributed by atoms with Gasteiger partial charge in [-0.25, -0.2) is 18.8 Å². The Morgan fingerprint density at radius 1 is 1.00 bits per heavy atom. The van der Waals surface area contributed by atoms with Gasteiger partial charge in [0.25, 0.3) is 0 Å². The van der Waals surface area contributed by atoms with Crippen LogP contribution in [0, 0.1) is 11.8 Å². The van der Waals surface area contributed by atoms with Gasteiger partial charge >= 0.3 is 0 Å². The van der Waals surface area contributed by atoms with E-state index in [1.165, 1.54) is 55.2 Å². The van der Waals surface area contributed by atoms with E-state index in [2.05, 4.69) is 50.6 Å². The molecule has 0 atom stereocenters. The van der Waals surface area contributed by atoms with E-state index in [0.29, 0.717) is 12.6 Å². The van der Waals surface area contributed by atoms with Crippen LogP contribution in [0.1, 0.15) is 82.5 Å². The number of piperidine rings is 1. The summed E-state index contributed by atoms with van der Waals surface area (Å²) in [6.45, 7) is 10.9. The molecule has 37 heavy (non-hydrogen) atoms. The maximum Gasteiger partial charge on any atom is 0.214 e. The number of fused-ring (bicyclic) bond motifs is 1. The normalized spacial score (nSPS) is 24.6. The fourth-order valence-corrected chi connectivity index (χ4v) is 7.44. The van der Waals surface area contributed by atoms with Crippen molar-refractivity contribution in [2.75, 3.05) is 32.7 Å². The number of hydrogen-bond donors (Lipinski definition) is 3. The molecule has 2 N–H and O–H groups in total. The Kier molecular flexibility index (Phi) is 9.18. The Hall–Kier alpha value is -1.52. The molecule has 1 aliphatic carbocycles. The molecular formula is C28H46N6O2S. The van der Waals surface area contributed by atoms with Crippen molar-refractivity contribution < 1.29 is 8.42 Å². The lowest BCUT2D eigenvalue weighted by Crippen LogP contribution is -2.44. The molecule has 2 aromatic heterocycles. The van der Waals surface area contributed by atoms with Crippen molar-refractivity contribution in [3.05, 3.63) is 29.6 Å². The second kappa shape index (κ2) is 12.6. The van der Waals surface area contributed by atoms with Crippen molar-refractivity contribution in [2.24, 2.45) is 11.8 Å². The molecular weight excluding hydrogens is 484 g/mol. The fourth-order valence-electron chi connectivity index (χ4n) is 7.20. The Bertz CT molecular complexity index is 1090. The molecule has 0 bridgehead atoms. The van der Waals surface area contributed by atoms with E-state index < -0.39 is 10.9 Å². The van der Waals surface area contributed by atoms with Crippen molar-refractivity contribution in [2.45, 2.75) is 90.3 Å². The van der Waals surface area contributed by atoms with E-state index in [9.17, 15) is 8.42 Å². The molecule has 0 aromatic carbocycles. The van der Waals surface area contributed by atoms with Gasteiger partial charge in [0.2, 0.25) is 10.9 Å². The lowest BCUT2D eigenvalue weighted by Gasteiger charge is -2.42. The zero-order valence-corrected chi connectivity index (χ0v) is 23.6. The van der Waals surface area contributed by atoms with Crippen LogP contribution in [0.5, 0.6) is 0 Å². The lowest BCUT2D eigenvalue weighted by molar-refractivity contribution is 0.0888. The van der Waals surface area contributed by atoms with Crippen LogP contribution in [0.3, 0.4) is 0 Å². The highest BCUT2D eigenvalue weighted by molar-refractivity contribution is 7.70. The molecule has 1 saturated carbocycles. The Morgan fingerprint density at radius 3 is 2.41 bits per heavy atom. The fraction of sp³-hybridized carbons (Fsp3) is 0.750. The van der Waals surface area contributed by atoms with Gasteiger partial charge in [-0.15, -0.1) is 0 Å². The second-order valence-electron chi connectivity index (χ2n) is 11.8. The van der Waals surface area contributed by atoms with Gasteiger partial charge in [-0.2, -0.15) is 4.83 Å². The number of rotatable bonds is 10. The minimum Gasteiger partial charge on any atom is -0.326 e. The Balaban J connectivity index is 1.35. The largest absolute Gasteiger partial charge is 0.326 e. The van der Waals surface area contributed by atoms with E-state index >= 15 is 0 Å². The summed E-state index contributed by atoms with van der Waals surface area (Å²) in [5, 5.41) is 1.27. The molecule has 2 saturated heterocycles. The number of thiol groups is 1. The minimum absolute atomic E-state index is 0.437. The summed E-state index contributed by atoms with van der Waals surface area (Å²) < 4.78 is 24.6. The summed E-state index contributed by atoms with van der Waals surface area (Å²) in [7, 11) is -2.65. The number of aromatic nitrogens is 2. The van der Waals surface area contributed by atoms with Crippen molar-refractivity contribution in [1.29, 1.82) is 0 Å². The van der Waals surface area contributed by atoms with Crippen molar-refractivity contribution >= 4 is 21.9 Å². The maximum absolute atomic E-state index is 11.0. The van der Waals surface area contributed by atoms with Gasteiger partial charge in [-0.3, -0.25) is 4.90 Å². The monoisotopic (exact) mass is 530 g/mol. The number of hydrazine groups is 1. The van der Waals surface area contributed by atoms with Gasteiger partial charge in [-0.05, 0) is 94.0 Å². The molecule has 9 heteroatoms. The number of pyridine rings is 1. The van der Waals surface area contributed by atoms with Gasteiger partial charge in [-0.1, -0.05) is 13.8 Å². The number of nitrogens with one attached hydrogen (secondary N) is 2. The van der Waals surface area contributed by atoms with Crippen molar-refractivity contribution in [3.8, 4) is 0 Å². The van der Waals surface area contributed by atoms with Crippen LogP contribution in [0.4, 0.5) is 0 Å². The molecule has 4 heterocycles. The Morgan fingerprint density at radius 2 is 1.73 bits per heavy atom. The summed E-state index contributed by atoms with van der Waals surface area (Å²) in [5.41, 5.74) is 6.70. The number of likely N-dealkylation sites (tertiary alicyclic amines) is 2. The third-order valence-electron chi connectivity index (χ3n) is 9.28. The van der Waals surface area contributed by atoms with Crippen LogP contribution in [-0.2, 0) is 23.9 Å². The predicted octanol–water partition coefficient (Wildman–Crippen LogP) is 3.65. The third-order valence-corrected chi connectivity index (χ3v) is 9.62. The molecule has 8 nitrogen and oxygen atoms in total. The van der Waals surface area contributed by atoms with Crippen molar-refractivity contribution in [3.63, 3.8) is 0 Å². The maximum atomic E-state index is 11.0. The number of nitrogens with zero attached hydrogens (tertiary/aromatic N) is 4. The quantitative estimate of drug-likeness (QED) is 0.247. The topological polar surface area (TPSA) is 82.5 Å². The summed E-state index contributed by atoms with van der Waals surface area (Å²) in [4.78, 5) is 12.6. The van der Waals surface area contributed by atoms with Crippen LogP contribution < -0.4 is 10.3 Å². The van der Waals surface area contributed by atoms with E-state index in [-0.39, 0.29) is 0 Å². The van der Waals surface area contributed by atoms with Gasteiger partial charge in [0.05, 0.1) is 0 Å². The molecule has 2 aliphatic heterocycles. The number of hydrogen-bond acceptors (Lipinski definition) is 6. The van der Waals surface area contributed by atoms with E-state index in [4.69, 9.17) is 4.98 Å². The molecule has 0 amide bonds. The van der Waals surface area contributed by atoms with Crippen LogP contribution in [0.2, 0.25) is 0 Å². The first-order valence-corrected chi connectivity index (χ1v) is 15.7. The summed E-state index contributed by atoms with van der Waals surface area (Å²) in [6, 6.07) is 5.48. The van der Waals surface area contributed by atoms with Crippen LogP contribution in [-0.4, -0.2) is 66.5 Å². The first-order valence-electron chi connectivity index (χ1n) is 14.6. The highest BCUT2D eigenvalue weighted by Crippen LogP contribution is 2.37. The van der Waals surface area contributed by atoms with Gasteiger partial charge in [0.15, 0.2) is 0 Å². The minimum atomic E-state index is -2.65. The summed E-state index contributed by atoms with van der Waals surface area (Å²) in [5.74, 6) is 1.72. The van der Waals surface area contributed by atoms with E-state index in [1.807, 2.05) is 6.20 Å². The van der Waals surface area contributed by atoms with Gasteiger partial charge < -0.3 is 9.47 Å². The highest BCUT2D eigenvalue weighted by atomic mass is 32.2. The molecule has 0 radical (unpaired) electrons. The lowest BCUT2D eigenvalue weighted by atomic mass is 9.79. The molecule has 0 unspecified atom stereocenters. The average molecular weight is 531 g/mol. The molecule has 0 spiro atoms. The average Bonchev–Trinajstić information content (AvgIpc) is 3.53.